The second kappa shape index (κ2) is 10.8. The molecule has 1 heterocycles. The van der Waals surface area contributed by atoms with E-state index in [2.05, 4.69) is 181 Å². The fourth-order valence-corrected chi connectivity index (χ4v) is 6.86. The quantitative estimate of drug-likeness (QED) is 0.199. The van der Waals surface area contributed by atoms with Gasteiger partial charge in [-0.15, -0.1) is 0 Å². The Morgan fingerprint density at radius 2 is 1.02 bits per heavy atom. The van der Waals surface area contributed by atoms with Gasteiger partial charge in [-0.25, -0.2) is 0 Å². The topological polar surface area (TPSA) is 16.4 Å². The third kappa shape index (κ3) is 4.35. The van der Waals surface area contributed by atoms with Crippen LogP contribution in [0, 0.1) is 0 Å². The Bertz CT molecular complexity index is 2510. The lowest BCUT2D eigenvalue weighted by molar-refractivity contribution is 0.670. The Hall–Kier alpha value is -6.12. The molecule has 0 aliphatic rings. The van der Waals surface area contributed by atoms with Crippen LogP contribution in [0.1, 0.15) is 0 Å². The van der Waals surface area contributed by atoms with Gasteiger partial charge in [0, 0.05) is 22.3 Å². The molecule has 0 amide bonds. The van der Waals surface area contributed by atoms with Gasteiger partial charge in [-0.05, 0) is 86.8 Å². The zero-order chi connectivity index (χ0) is 30.5. The maximum atomic E-state index is 6.87. The molecule has 1 aromatic heterocycles. The number of anilines is 3. The predicted octanol–water partition coefficient (Wildman–Crippen LogP) is 12.7. The van der Waals surface area contributed by atoms with Crippen LogP contribution in [0.4, 0.5) is 17.1 Å². The summed E-state index contributed by atoms with van der Waals surface area (Å²) in [5.74, 6) is 0. The normalized spacial score (nSPS) is 11.5. The Balaban J connectivity index is 1.31. The van der Waals surface area contributed by atoms with Gasteiger partial charge in [0.05, 0.1) is 11.1 Å². The minimum Gasteiger partial charge on any atom is -0.455 e. The van der Waals surface area contributed by atoms with Crippen LogP contribution < -0.4 is 4.90 Å². The first-order valence-electron chi connectivity index (χ1n) is 15.7. The number of fused-ring (bicyclic) bond motifs is 5. The lowest BCUT2D eigenvalue weighted by Crippen LogP contribution is -2.10. The Labute approximate surface area is 267 Å². The molecule has 0 N–H and O–H groups in total. The number of benzene rings is 8. The first-order chi connectivity index (χ1) is 22.8. The summed E-state index contributed by atoms with van der Waals surface area (Å²) in [5.41, 5.74) is 9.70. The maximum Gasteiger partial charge on any atom is 0.143 e. The molecule has 9 aromatic rings. The molecule has 46 heavy (non-hydrogen) atoms. The molecule has 0 saturated heterocycles. The van der Waals surface area contributed by atoms with Crippen molar-refractivity contribution in [1.29, 1.82) is 0 Å². The molecular formula is C44H29NO. The van der Waals surface area contributed by atoms with Crippen LogP contribution in [0.15, 0.2) is 180 Å². The average Bonchev–Trinajstić information content (AvgIpc) is 3.50. The molecule has 0 saturated carbocycles. The van der Waals surface area contributed by atoms with Crippen molar-refractivity contribution in [2.75, 3.05) is 4.90 Å². The van der Waals surface area contributed by atoms with E-state index in [1.807, 2.05) is 0 Å². The van der Waals surface area contributed by atoms with Gasteiger partial charge in [-0.2, -0.15) is 0 Å². The molecule has 216 valence electrons. The lowest BCUT2D eigenvalue weighted by atomic mass is 9.93. The minimum absolute atomic E-state index is 0.867. The van der Waals surface area contributed by atoms with Crippen molar-refractivity contribution in [3.8, 4) is 22.3 Å². The minimum atomic E-state index is 0.867. The summed E-state index contributed by atoms with van der Waals surface area (Å²) in [5, 5.41) is 7.02. The van der Waals surface area contributed by atoms with E-state index >= 15 is 0 Å². The van der Waals surface area contributed by atoms with Crippen LogP contribution in [0.25, 0.3) is 65.7 Å². The molecule has 8 aromatic carbocycles. The van der Waals surface area contributed by atoms with Gasteiger partial charge >= 0.3 is 0 Å². The van der Waals surface area contributed by atoms with E-state index in [-0.39, 0.29) is 0 Å². The van der Waals surface area contributed by atoms with Crippen molar-refractivity contribution in [3.05, 3.63) is 176 Å². The fraction of sp³-hybridized carbons (Fsp3) is 0. The monoisotopic (exact) mass is 587 g/mol. The molecular weight excluding hydrogens is 558 g/mol. The van der Waals surface area contributed by atoms with E-state index in [0.717, 1.165) is 50.1 Å². The average molecular weight is 588 g/mol. The number of nitrogens with zero attached hydrogens (tertiary/aromatic N) is 1. The summed E-state index contributed by atoms with van der Waals surface area (Å²) >= 11 is 0. The molecule has 0 bridgehead atoms. The number of para-hydroxylation sites is 1. The predicted molar refractivity (Wildman–Crippen MR) is 194 cm³/mol. The van der Waals surface area contributed by atoms with E-state index in [1.54, 1.807) is 0 Å². The largest absolute Gasteiger partial charge is 0.455 e. The van der Waals surface area contributed by atoms with Crippen LogP contribution in [-0.4, -0.2) is 0 Å². The molecule has 0 fully saturated rings. The molecule has 2 heteroatoms. The van der Waals surface area contributed by atoms with Crippen LogP contribution in [-0.2, 0) is 0 Å². The van der Waals surface area contributed by atoms with Gasteiger partial charge in [0.2, 0.25) is 0 Å². The van der Waals surface area contributed by atoms with Crippen molar-refractivity contribution < 1.29 is 4.42 Å². The third-order valence-electron chi connectivity index (χ3n) is 9.01. The van der Waals surface area contributed by atoms with E-state index in [9.17, 15) is 0 Å². The van der Waals surface area contributed by atoms with E-state index in [1.165, 1.54) is 32.7 Å². The number of hydrogen-bond donors (Lipinski definition) is 0. The van der Waals surface area contributed by atoms with Crippen molar-refractivity contribution in [2.24, 2.45) is 0 Å². The summed E-state index contributed by atoms with van der Waals surface area (Å²) in [4.78, 5) is 2.34. The van der Waals surface area contributed by atoms with E-state index in [4.69, 9.17) is 4.42 Å². The molecule has 0 radical (unpaired) electrons. The highest BCUT2D eigenvalue weighted by Gasteiger charge is 2.22. The SMILES string of the molecule is c1ccc(-c2ccc(N(c3ccccc3)c3cccc4oc5c(-c6ccc7ccccc7c6)c6ccccc6cc5c34)cc2)cc1. The fourth-order valence-electron chi connectivity index (χ4n) is 6.86. The molecule has 9 rings (SSSR count). The number of rotatable bonds is 5. The second-order valence-electron chi connectivity index (χ2n) is 11.7. The Morgan fingerprint density at radius 1 is 0.391 bits per heavy atom. The van der Waals surface area contributed by atoms with E-state index in [0.29, 0.717) is 0 Å². The molecule has 0 aliphatic carbocycles. The van der Waals surface area contributed by atoms with Gasteiger partial charge in [0.15, 0.2) is 0 Å². The van der Waals surface area contributed by atoms with Crippen LogP contribution in [0.5, 0.6) is 0 Å². The summed E-state index contributed by atoms with van der Waals surface area (Å²) in [6.07, 6.45) is 0. The molecule has 0 spiro atoms. The number of hydrogen-bond acceptors (Lipinski definition) is 2. The van der Waals surface area contributed by atoms with E-state index < -0.39 is 0 Å². The Kier molecular flexibility index (Phi) is 6.17. The molecule has 2 nitrogen and oxygen atoms in total. The van der Waals surface area contributed by atoms with Crippen LogP contribution in [0.2, 0.25) is 0 Å². The summed E-state index contributed by atoms with van der Waals surface area (Å²) in [6.45, 7) is 0. The lowest BCUT2D eigenvalue weighted by Gasteiger charge is -2.26. The highest BCUT2D eigenvalue weighted by Crippen LogP contribution is 2.47. The van der Waals surface area contributed by atoms with Crippen LogP contribution >= 0.6 is 0 Å². The van der Waals surface area contributed by atoms with Gasteiger partial charge in [0.25, 0.3) is 0 Å². The highest BCUT2D eigenvalue weighted by atomic mass is 16.3. The molecule has 0 unspecified atom stereocenters. The highest BCUT2D eigenvalue weighted by molar-refractivity contribution is 6.22. The van der Waals surface area contributed by atoms with Crippen molar-refractivity contribution >= 4 is 60.5 Å². The zero-order valence-corrected chi connectivity index (χ0v) is 25.1. The van der Waals surface area contributed by atoms with Gasteiger partial charge in [-0.3, -0.25) is 0 Å². The Morgan fingerprint density at radius 3 is 1.83 bits per heavy atom. The van der Waals surface area contributed by atoms with Crippen LogP contribution in [0.3, 0.4) is 0 Å². The van der Waals surface area contributed by atoms with Gasteiger partial charge < -0.3 is 9.32 Å². The molecule has 0 atom stereocenters. The first-order valence-corrected chi connectivity index (χ1v) is 15.7. The third-order valence-corrected chi connectivity index (χ3v) is 9.01. The zero-order valence-electron chi connectivity index (χ0n) is 25.1. The van der Waals surface area contributed by atoms with Gasteiger partial charge in [-0.1, -0.05) is 127 Å². The van der Waals surface area contributed by atoms with Crippen molar-refractivity contribution in [1.82, 2.24) is 0 Å². The number of furan rings is 1. The summed E-state index contributed by atoms with van der Waals surface area (Å²) in [6, 6.07) is 62.6. The summed E-state index contributed by atoms with van der Waals surface area (Å²) < 4.78 is 6.87. The standard InChI is InChI=1S/C44H29NO/c1-3-12-30(13-4-1)32-24-26-37(27-25-32)45(36-17-5-2-6-18-36)40-20-11-21-41-43(40)39-29-34-16-9-10-19-38(34)42(44(39)46-41)35-23-22-31-14-7-8-15-33(31)28-35/h1-29H. The maximum absolute atomic E-state index is 6.87. The molecule has 0 aliphatic heterocycles. The van der Waals surface area contributed by atoms with Crippen molar-refractivity contribution in [2.45, 2.75) is 0 Å². The summed E-state index contributed by atoms with van der Waals surface area (Å²) in [7, 11) is 0. The first kappa shape index (κ1) is 26.3. The van der Waals surface area contributed by atoms with Crippen molar-refractivity contribution in [3.63, 3.8) is 0 Å². The smallest absolute Gasteiger partial charge is 0.143 e. The second-order valence-corrected chi connectivity index (χ2v) is 11.7. The van der Waals surface area contributed by atoms with Gasteiger partial charge in [0.1, 0.15) is 11.2 Å².